The fraction of sp³-hybridized carbons (Fsp3) is 0.700. The summed E-state index contributed by atoms with van der Waals surface area (Å²) in [5, 5.41) is 8.78. The number of hydrogen-bond donors (Lipinski definition) is 0. The molecule has 0 amide bonds. The summed E-state index contributed by atoms with van der Waals surface area (Å²) in [6, 6.07) is 2.41. The fourth-order valence-electron chi connectivity index (χ4n) is 2.63. The summed E-state index contributed by atoms with van der Waals surface area (Å²) in [5.41, 5.74) is 1.61. The van der Waals surface area contributed by atoms with Crippen LogP contribution < -0.4 is 0 Å². The Kier molecular flexibility index (Phi) is 1.49. The molecule has 1 heteroatoms. The molecule has 2 bridgehead atoms. The van der Waals surface area contributed by atoms with Crippen molar-refractivity contribution in [3.8, 4) is 6.07 Å². The maximum Gasteiger partial charge on any atom is 0.0659 e. The molecule has 1 unspecified atom stereocenters. The van der Waals surface area contributed by atoms with Crippen molar-refractivity contribution in [2.24, 2.45) is 17.8 Å². The lowest BCUT2D eigenvalue weighted by atomic mass is 9.87. The van der Waals surface area contributed by atoms with Crippen LogP contribution in [0.2, 0.25) is 0 Å². The van der Waals surface area contributed by atoms with E-state index in [0.717, 1.165) is 12.3 Å². The Morgan fingerprint density at radius 1 is 1.55 bits per heavy atom. The number of nitriles is 1. The van der Waals surface area contributed by atoms with Gasteiger partial charge in [0.1, 0.15) is 0 Å². The second kappa shape index (κ2) is 2.37. The normalized spacial score (nSPS) is 44.7. The molecular formula is C10H13N. The second-order valence-corrected chi connectivity index (χ2v) is 3.73. The topological polar surface area (TPSA) is 23.8 Å². The van der Waals surface area contributed by atoms with Crippen molar-refractivity contribution in [2.75, 3.05) is 0 Å². The van der Waals surface area contributed by atoms with Crippen LogP contribution in [0.4, 0.5) is 0 Å². The first-order valence-corrected chi connectivity index (χ1v) is 4.40. The number of hydrogen-bond acceptors (Lipinski definition) is 1. The summed E-state index contributed by atoms with van der Waals surface area (Å²) >= 11 is 0. The number of nitrogens with zero attached hydrogens (tertiary/aromatic N) is 1. The Bertz CT molecular complexity index is 234. The van der Waals surface area contributed by atoms with Crippen LogP contribution in [0.5, 0.6) is 0 Å². The Morgan fingerprint density at radius 2 is 2.36 bits per heavy atom. The largest absolute Gasteiger partial charge is 0.198 e. The summed E-state index contributed by atoms with van der Waals surface area (Å²) in [5.74, 6) is 1.86. The van der Waals surface area contributed by atoms with Gasteiger partial charge in [-0.2, -0.15) is 5.26 Å². The second-order valence-electron chi connectivity index (χ2n) is 3.73. The first-order chi connectivity index (χ1) is 5.35. The van der Waals surface area contributed by atoms with Gasteiger partial charge in [-0.1, -0.05) is 11.6 Å². The van der Waals surface area contributed by atoms with E-state index >= 15 is 0 Å². The Labute approximate surface area is 67.7 Å². The molecule has 2 rings (SSSR count). The third-order valence-electron chi connectivity index (χ3n) is 3.25. The van der Waals surface area contributed by atoms with Crippen LogP contribution in [0, 0.1) is 29.1 Å². The van der Waals surface area contributed by atoms with Gasteiger partial charge in [0.05, 0.1) is 12.0 Å². The van der Waals surface area contributed by atoms with Crippen LogP contribution >= 0.6 is 0 Å². The van der Waals surface area contributed by atoms with E-state index in [0.29, 0.717) is 11.8 Å². The summed E-state index contributed by atoms with van der Waals surface area (Å²) in [6.45, 7) is 2.12. The van der Waals surface area contributed by atoms with Crippen molar-refractivity contribution < 1.29 is 0 Å². The van der Waals surface area contributed by atoms with Crippen molar-refractivity contribution in [3.63, 3.8) is 0 Å². The smallest absolute Gasteiger partial charge is 0.0659 e. The molecule has 0 aromatic heterocycles. The van der Waals surface area contributed by atoms with Crippen molar-refractivity contribution in [2.45, 2.75) is 26.2 Å². The molecule has 2 fully saturated rings. The molecule has 0 aromatic rings. The third-order valence-corrected chi connectivity index (χ3v) is 3.25. The van der Waals surface area contributed by atoms with Gasteiger partial charge >= 0.3 is 0 Å². The highest BCUT2D eigenvalue weighted by molar-refractivity contribution is 5.20. The molecule has 1 nitrogen and oxygen atoms in total. The molecule has 0 N–H and O–H groups in total. The zero-order chi connectivity index (χ0) is 7.84. The van der Waals surface area contributed by atoms with Crippen LogP contribution in [-0.4, -0.2) is 0 Å². The average molecular weight is 147 g/mol. The minimum Gasteiger partial charge on any atom is -0.198 e. The van der Waals surface area contributed by atoms with Gasteiger partial charge in [-0.05, 0) is 38.0 Å². The van der Waals surface area contributed by atoms with Crippen LogP contribution in [0.15, 0.2) is 11.6 Å². The molecule has 2 aliphatic carbocycles. The van der Waals surface area contributed by atoms with Crippen LogP contribution in [0.1, 0.15) is 26.2 Å². The fourth-order valence-corrected chi connectivity index (χ4v) is 2.63. The van der Waals surface area contributed by atoms with Gasteiger partial charge in [-0.15, -0.1) is 0 Å². The lowest BCUT2D eigenvalue weighted by Crippen LogP contribution is -2.09. The monoisotopic (exact) mass is 147 g/mol. The van der Waals surface area contributed by atoms with Gasteiger partial charge in [0.25, 0.3) is 0 Å². The van der Waals surface area contributed by atoms with Crippen molar-refractivity contribution in [1.82, 2.24) is 0 Å². The highest BCUT2D eigenvalue weighted by Gasteiger charge is 2.42. The number of fused-ring (bicyclic) bond motifs is 2. The van der Waals surface area contributed by atoms with Crippen molar-refractivity contribution >= 4 is 0 Å². The van der Waals surface area contributed by atoms with Gasteiger partial charge in [-0.3, -0.25) is 0 Å². The molecule has 2 aliphatic rings. The zero-order valence-electron chi connectivity index (χ0n) is 6.88. The van der Waals surface area contributed by atoms with Crippen LogP contribution in [-0.2, 0) is 0 Å². The van der Waals surface area contributed by atoms with Crippen molar-refractivity contribution in [1.29, 1.82) is 5.26 Å². The van der Waals surface area contributed by atoms with Gasteiger partial charge in [0.15, 0.2) is 0 Å². The molecule has 0 radical (unpaired) electrons. The number of rotatable bonds is 0. The first kappa shape index (κ1) is 6.91. The molecule has 0 saturated heterocycles. The Morgan fingerprint density at radius 3 is 2.82 bits per heavy atom. The molecule has 2 saturated carbocycles. The molecule has 58 valence electrons. The summed E-state index contributed by atoms with van der Waals surface area (Å²) in [6.07, 6.45) is 5.89. The molecule has 0 heterocycles. The SMILES string of the molecule is C/C=C1/C[C@@H]2C[C@H]1CC2C#N. The molecule has 0 aromatic carbocycles. The Balaban J connectivity index is 2.16. The van der Waals surface area contributed by atoms with E-state index in [-0.39, 0.29) is 0 Å². The molecular weight excluding hydrogens is 134 g/mol. The van der Waals surface area contributed by atoms with Gasteiger partial charge in [0, 0.05) is 0 Å². The van der Waals surface area contributed by atoms with E-state index in [1.807, 2.05) is 0 Å². The lowest BCUT2D eigenvalue weighted by Gasteiger charge is -2.16. The summed E-state index contributed by atoms with van der Waals surface area (Å²) < 4.78 is 0. The van der Waals surface area contributed by atoms with E-state index in [1.54, 1.807) is 5.57 Å². The van der Waals surface area contributed by atoms with Gasteiger partial charge < -0.3 is 0 Å². The quantitative estimate of drug-likeness (QED) is 0.483. The molecule has 0 spiro atoms. The van der Waals surface area contributed by atoms with E-state index < -0.39 is 0 Å². The van der Waals surface area contributed by atoms with E-state index in [9.17, 15) is 0 Å². The van der Waals surface area contributed by atoms with Gasteiger partial charge in [-0.25, -0.2) is 0 Å². The average Bonchev–Trinajstić information content (AvgIpc) is 2.60. The maximum absolute atomic E-state index is 8.78. The molecule has 11 heavy (non-hydrogen) atoms. The van der Waals surface area contributed by atoms with Crippen LogP contribution in [0.25, 0.3) is 0 Å². The van der Waals surface area contributed by atoms with E-state index in [2.05, 4.69) is 19.1 Å². The predicted octanol–water partition coefficient (Wildman–Crippen LogP) is 2.50. The van der Waals surface area contributed by atoms with Crippen molar-refractivity contribution in [3.05, 3.63) is 11.6 Å². The number of allylic oxidation sites excluding steroid dienone is 2. The standard InChI is InChI=1S/C10H13N/c1-2-7-3-9-4-8(7)5-10(9)6-11/h2,8-10H,3-5H2,1H3/b7-2-/t8-,9+,10?/m0/s1. The lowest BCUT2D eigenvalue weighted by molar-refractivity contribution is 0.457. The van der Waals surface area contributed by atoms with Gasteiger partial charge in [0.2, 0.25) is 0 Å². The van der Waals surface area contributed by atoms with E-state index in [1.165, 1.54) is 12.8 Å². The third kappa shape index (κ3) is 0.894. The minimum absolute atomic E-state index is 0.378. The first-order valence-electron chi connectivity index (χ1n) is 4.40. The summed E-state index contributed by atoms with van der Waals surface area (Å²) in [4.78, 5) is 0. The van der Waals surface area contributed by atoms with Crippen LogP contribution in [0.3, 0.4) is 0 Å². The highest BCUT2D eigenvalue weighted by atomic mass is 14.5. The molecule has 3 atom stereocenters. The predicted molar refractivity (Wildman–Crippen MR) is 43.7 cm³/mol. The zero-order valence-corrected chi connectivity index (χ0v) is 6.88. The van der Waals surface area contributed by atoms with E-state index in [4.69, 9.17) is 5.26 Å². The molecule has 0 aliphatic heterocycles. The highest BCUT2D eigenvalue weighted by Crippen LogP contribution is 2.50. The maximum atomic E-state index is 8.78. The Hall–Kier alpha value is -0.770. The summed E-state index contributed by atoms with van der Waals surface area (Å²) in [7, 11) is 0. The minimum atomic E-state index is 0.378.